The number of fused-ring (bicyclic) bond motifs is 1. The van der Waals surface area contributed by atoms with E-state index < -0.39 is 17.6 Å². The van der Waals surface area contributed by atoms with Gasteiger partial charge in [-0.15, -0.1) is 0 Å². The molecule has 0 bridgehead atoms. The third-order valence-corrected chi connectivity index (χ3v) is 4.63. The maximum atomic E-state index is 12.9. The summed E-state index contributed by atoms with van der Waals surface area (Å²) >= 11 is 0. The van der Waals surface area contributed by atoms with Gasteiger partial charge < -0.3 is 20.6 Å². The highest BCUT2D eigenvalue weighted by Crippen LogP contribution is 2.31. The van der Waals surface area contributed by atoms with Gasteiger partial charge in [0.2, 0.25) is 5.88 Å². The maximum absolute atomic E-state index is 12.9. The summed E-state index contributed by atoms with van der Waals surface area (Å²) in [6, 6.07) is 16.0. The molecule has 0 radical (unpaired) electrons. The van der Waals surface area contributed by atoms with Crippen molar-refractivity contribution in [3.8, 4) is 11.6 Å². The zero-order valence-corrected chi connectivity index (χ0v) is 16.9. The highest BCUT2D eigenvalue weighted by molar-refractivity contribution is 6.13. The Morgan fingerprint density at radius 1 is 1.00 bits per heavy atom. The van der Waals surface area contributed by atoms with E-state index in [0.717, 1.165) is 12.1 Å². The Hall–Kier alpha value is -4.02. The number of ether oxygens (including phenoxy) is 1. The molecule has 1 heterocycles. The lowest BCUT2D eigenvalue weighted by molar-refractivity contribution is -0.137. The number of aromatic nitrogens is 2. The number of nitrogens with one attached hydrogen (secondary N) is 1. The van der Waals surface area contributed by atoms with E-state index >= 15 is 0 Å². The SMILES string of the molecule is O.O=C(Nc1cccc(C(F)(F)F)c1)c1cccc2cc(Oc3cc(CO)ncn3)ccc12. The Bertz CT molecular complexity index is 1300. The second-order valence-corrected chi connectivity index (χ2v) is 6.83. The van der Waals surface area contributed by atoms with E-state index in [1.165, 1.54) is 24.5 Å². The minimum absolute atomic E-state index is 0. The Morgan fingerprint density at radius 2 is 1.79 bits per heavy atom. The van der Waals surface area contributed by atoms with Crippen molar-refractivity contribution < 1.29 is 33.3 Å². The van der Waals surface area contributed by atoms with E-state index in [9.17, 15) is 23.1 Å². The smallest absolute Gasteiger partial charge is 0.416 e. The number of amides is 1. The third-order valence-electron chi connectivity index (χ3n) is 4.63. The van der Waals surface area contributed by atoms with Crippen molar-refractivity contribution in [3.63, 3.8) is 0 Å². The van der Waals surface area contributed by atoms with Crippen LogP contribution < -0.4 is 10.1 Å². The molecule has 10 heteroatoms. The van der Waals surface area contributed by atoms with Gasteiger partial charge in [0.15, 0.2) is 0 Å². The molecule has 0 saturated heterocycles. The summed E-state index contributed by atoms with van der Waals surface area (Å²) in [5, 5.41) is 13.0. The fourth-order valence-corrected chi connectivity index (χ4v) is 3.13. The quantitative estimate of drug-likeness (QED) is 0.462. The number of aliphatic hydroxyl groups is 1. The Balaban J connectivity index is 0.00000306. The number of alkyl halides is 3. The van der Waals surface area contributed by atoms with E-state index in [-0.39, 0.29) is 23.7 Å². The standard InChI is InChI=1S/C23H16F3N3O3.H2O/c24-23(25,26)15-4-2-5-16(10-15)29-22(31)20-6-1-3-14-9-18(7-8-19(14)20)32-21-11-17(12-30)27-13-28-21;/h1-11,13,30H,12H2,(H,29,31);1H2. The van der Waals surface area contributed by atoms with E-state index in [0.29, 0.717) is 27.8 Å². The first-order chi connectivity index (χ1) is 15.3. The van der Waals surface area contributed by atoms with Crippen LogP contribution in [0.4, 0.5) is 18.9 Å². The van der Waals surface area contributed by atoms with Gasteiger partial charge in [0.1, 0.15) is 12.1 Å². The lowest BCUT2D eigenvalue weighted by Crippen LogP contribution is -2.13. The molecule has 0 spiro atoms. The van der Waals surface area contributed by atoms with Crippen LogP contribution in [-0.4, -0.2) is 26.5 Å². The average molecular weight is 457 g/mol. The van der Waals surface area contributed by atoms with Gasteiger partial charge in [-0.05, 0) is 53.2 Å². The molecule has 1 aromatic heterocycles. The van der Waals surface area contributed by atoms with Gasteiger partial charge in [0, 0.05) is 17.3 Å². The molecule has 0 aliphatic carbocycles. The van der Waals surface area contributed by atoms with Crippen LogP contribution in [0.3, 0.4) is 0 Å². The van der Waals surface area contributed by atoms with E-state index in [4.69, 9.17) is 4.74 Å². The lowest BCUT2D eigenvalue weighted by atomic mass is 10.0. The minimum Gasteiger partial charge on any atom is -0.439 e. The van der Waals surface area contributed by atoms with E-state index in [1.807, 2.05) is 0 Å². The van der Waals surface area contributed by atoms with Crippen molar-refractivity contribution in [1.82, 2.24) is 9.97 Å². The molecule has 0 unspecified atom stereocenters. The molecule has 1 amide bonds. The zero-order valence-electron chi connectivity index (χ0n) is 16.9. The number of aliphatic hydroxyl groups excluding tert-OH is 1. The van der Waals surface area contributed by atoms with Crippen molar-refractivity contribution in [2.45, 2.75) is 12.8 Å². The number of hydrogen-bond acceptors (Lipinski definition) is 5. The summed E-state index contributed by atoms with van der Waals surface area (Å²) in [6.45, 7) is -0.249. The highest BCUT2D eigenvalue weighted by Gasteiger charge is 2.30. The molecule has 0 aliphatic heterocycles. The number of carbonyl (C=O) groups is 1. The Morgan fingerprint density at radius 3 is 2.55 bits per heavy atom. The van der Waals surface area contributed by atoms with Crippen molar-refractivity contribution in [2.24, 2.45) is 0 Å². The van der Waals surface area contributed by atoms with Crippen LogP contribution in [0.15, 0.2) is 73.1 Å². The largest absolute Gasteiger partial charge is 0.439 e. The molecule has 0 saturated carbocycles. The van der Waals surface area contributed by atoms with Crippen LogP contribution in [0.5, 0.6) is 11.6 Å². The Kier molecular flexibility index (Phi) is 6.90. The number of nitrogens with zero attached hydrogens (tertiary/aromatic N) is 2. The second-order valence-electron chi connectivity index (χ2n) is 6.83. The topological polar surface area (TPSA) is 116 Å². The minimum atomic E-state index is -4.50. The maximum Gasteiger partial charge on any atom is 0.416 e. The summed E-state index contributed by atoms with van der Waals surface area (Å²) in [7, 11) is 0. The summed E-state index contributed by atoms with van der Waals surface area (Å²) < 4.78 is 44.5. The molecule has 0 aliphatic rings. The first-order valence-corrected chi connectivity index (χ1v) is 9.44. The second kappa shape index (κ2) is 9.63. The average Bonchev–Trinajstić information content (AvgIpc) is 2.78. The summed E-state index contributed by atoms with van der Waals surface area (Å²) in [6.07, 6.45) is -3.23. The third kappa shape index (κ3) is 5.43. The molecule has 4 rings (SSSR count). The van der Waals surface area contributed by atoms with Gasteiger partial charge in [0.25, 0.3) is 5.91 Å². The predicted octanol–water partition coefficient (Wildman–Crippen LogP) is 4.36. The van der Waals surface area contributed by atoms with Gasteiger partial charge in [0.05, 0.1) is 17.9 Å². The molecule has 33 heavy (non-hydrogen) atoms. The number of carbonyl (C=O) groups excluding carboxylic acids is 1. The van der Waals surface area contributed by atoms with Crippen LogP contribution in [0.2, 0.25) is 0 Å². The first-order valence-electron chi connectivity index (χ1n) is 9.44. The molecule has 7 nitrogen and oxygen atoms in total. The number of halogens is 3. The van der Waals surface area contributed by atoms with Crippen molar-refractivity contribution in [1.29, 1.82) is 0 Å². The van der Waals surface area contributed by atoms with E-state index in [1.54, 1.807) is 36.4 Å². The van der Waals surface area contributed by atoms with Gasteiger partial charge in [-0.1, -0.05) is 18.2 Å². The van der Waals surface area contributed by atoms with Crippen molar-refractivity contribution >= 4 is 22.4 Å². The molecular weight excluding hydrogens is 439 g/mol. The molecule has 4 aromatic rings. The Labute approximate surface area is 185 Å². The molecular formula is C23H18F3N3O4. The van der Waals surface area contributed by atoms with Crippen LogP contribution in [0, 0.1) is 0 Å². The van der Waals surface area contributed by atoms with Gasteiger partial charge >= 0.3 is 6.18 Å². The molecule has 4 N–H and O–H groups in total. The molecule has 3 aromatic carbocycles. The number of hydrogen-bond donors (Lipinski definition) is 2. The predicted molar refractivity (Wildman–Crippen MR) is 115 cm³/mol. The summed E-state index contributed by atoms with van der Waals surface area (Å²) in [5.74, 6) is 0.171. The molecule has 170 valence electrons. The monoisotopic (exact) mass is 457 g/mol. The number of benzene rings is 3. The molecule has 0 atom stereocenters. The lowest BCUT2D eigenvalue weighted by Gasteiger charge is -2.12. The van der Waals surface area contributed by atoms with Gasteiger partial charge in [-0.25, -0.2) is 9.97 Å². The fourth-order valence-electron chi connectivity index (χ4n) is 3.13. The summed E-state index contributed by atoms with van der Waals surface area (Å²) in [5.41, 5.74) is -0.0882. The van der Waals surface area contributed by atoms with Crippen molar-refractivity contribution in [3.05, 3.63) is 89.9 Å². The molecule has 0 fully saturated rings. The number of anilines is 1. The van der Waals surface area contributed by atoms with Gasteiger partial charge in [-0.3, -0.25) is 4.79 Å². The van der Waals surface area contributed by atoms with Crippen LogP contribution >= 0.6 is 0 Å². The fraction of sp³-hybridized carbons (Fsp3) is 0.0870. The van der Waals surface area contributed by atoms with Crippen LogP contribution in [0.25, 0.3) is 10.8 Å². The van der Waals surface area contributed by atoms with Crippen LogP contribution in [0.1, 0.15) is 21.6 Å². The van der Waals surface area contributed by atoms with Crippen molar-refractivity contribution in [2.75, 3.05) is 5.32 Å². The van der Waals surface area contributed by atoms with Crippen LogP contribution in [-0.2, 0) is 12.8 Å². The highest BCUT2D eigenvalue weighted by atomic mass is 19.4. The normalized spacial score (nSPS) is 11.0. The number of rotatable bonds is 5. The van der Waals surface area contributed by atoms with E-state index in [2.05, 4.69) is 15.3 Å². The first kappa shape index (κ1) is 23.6. The van der Waals surface area contributed by atoms with Gasteiger partial charge in [-0.2, -0.15) is 13.2 Å². The summed E-state index contributed by atoms with van der Waals surface area (Å²) in [4.78, 5) is 20.6. The zero-order chi connectivity index (χ0) is 22.7.